The van der Waals surface area contributed by atoms with Crippen molar-refractivity contribution in [2.75, 3.05) is 23.5 Å². The second-order valence-electron chi connectivity index (χ2n) is 5.71. The molecule has 1 amide bonds. The summed E-state index contributed by atoms with van der Waals surface area (Å²) in [6.45, 7) is 0. The molecule has 1 N–H and O–H groups in total. The molecule has 126 valence electrons. The smallest absolute Gasteiger partial charge is 0.270 e. The first-order valence-corrected chi connectivity index (χ1v) is 9.40. The van der Waals surface area contributed by atoms with Gasteiger partial charge < -0.3 is 10.2 Å². The van der Waals surface area contributed by atoms with E-state index in [1.807, 2.05) is 37.4 Å². The van der Waals surface area contributed by atoms with Crippen LogP contribution >= 0.6 is 0 Å². The van der Waals surface area contributed by atoms with Gasteiger partial charge in [0, 0.05) is 25.0 Å². The molecule has 0 spiro atoms. The Morgan fingerprint density at radius 1 is 1.25 bits per heavy atom. The van der Waals surface area contributed by atoms with Gasteiger partial charge in [0.1, 0.15) is 5.69 Å². The maximum absolute atomic E-state index is 12.3. The van der Waals surface area contributed by atoms with Gasteiger partial charge in [0.15, 0.2) is 9.84 Å². The van der Waals surface area contributed by atoms with Gasteiger partial charge in [-0.2, -0.15) is 0 Å². The quantitative estimate of drug-likeness (QED) is 0.893. The molecule has 1 aromatic heterocycles. The molecular weight excluding hydrogens is 328 g/mol. The number of rotatable bonds is 4. The van der Waals surface area contributed by atoms with Gasteiger partial charge in [0.05, 0.1) is 11.5 Å². The van der Waals surface area contributed by atoms with Gasteiger partial charge in [-0.25, -0.2) is 18.4 Å². The zero-order valence-corrected chi connectivity index (χ0v) is 14.0. The molecule has 1 aromatic carbocycles. The standard InChI is InChI=1S/C16H18N4O3S/c1-20(13-5-3-2-4-6-13)16-17-9-7-14(19-16)15(21)18-12-8-10-24(22,23)11-12/h2-7,9,12H,8,10-11H2,1H3,(H,18,21). The topological polar surface area (TPSA) is 92.3 Å². The molecular formula is C16H18N4O3S. The lowest BCUT2D eigenvalue weighted by Gasteiger charge is -2.17. The molecule has 24 heavy (non-hydrogen) atoms. The molecule has 1 atom stereocenters. The van der Waals surface area contributed by atoms with Gasteiger partial charge in [-0.05, 0) is 24.6 Å². The number of hydrogen-bond donors (Lipinski definition) is 1. The lowest BCUT2D eigenvalue weighted by Crippen LogP contribution is -2.36. The van der Waals surface area contributed by atoms with Crippen LogP contribution in [0.1, 0.15) is 16.9 Å². The SMILES string of the molecule is CN(c1ccccc1)c1nccc(C(=O)NC2CCS(=O)(=O)C2)n1. The van der Waals surface area contributed by atoms with Crippen LogP contribution in [-0.4, -0.2) is 48.9 Å². The summed E-state index contributed by atoms with van der Waals surface area (Å²) in [6, 6.07) is 10.7. The van der Waals surface area contributed by atoms with Crippen LogP contribution in [0.2, 0.25) is 0 Å². The highest BCUT2D eigenvalue weighted by molar-refractivity contribution is 7.91. The molecule has 0 radical (unpaired) electrons. The van der Waals surface area contributed by atoms with Gasteiger partial charge in [-0.3, -0.25) is 4.79 Å². The normalized spacial score (nSPS) is 19.0. The summed E-state index contributed by atoms with van der Waals surface area (Å²) in [5.74, 6) is 0.111. The first-order valence-electron chi connectivity index (χ1n) is 7.58. The Hall–Kier alpha value is -2.48. The van der Waals surface area contributed by atoms with E-state index in [2.05, 4.69) is 15.3 Å². The van der Waals surface area contributed by atoms with Gasteiger partial charge in [-0.15, -0.1) is 0 Å². The van der Waals surface area contributed by atoms with Crippen LogP contribution in [0, 0.1) is 0 Å². The van der Waals surface area contributed by atoms with Crippen molar-refractivity contribution in [1.82, 2.24) is 15.3 Å². The van der Waals surface area contributed by atoms with Gasteiger partial charge >= 0.3 is 0 Å². The third-order valence-corrected chi connectivity index (χ3v) is 5.65. The van der Waals surface area contributed by atoms with E-state index in [4.69, 9.17) is 0 Å². The van der Waals surface area contributed by atoms with Crippen molar-refractivity contribution in [2.24, 2.45) is 0 Å². The van der Waals surface area contributed by atoms with Crippen molar-refractivity contribution in [1.29, 1.82) is 0 Å². The van der Waals surface area contributed by atoms with Gasteiger partial charge in [0.2, 0.25) is 5.95 Å². The fourth-order valence-corrected chi connectivity index (χ4v) is 4.25. The van der Waals surface area contributed by atoms with E-state index < -0.39 is 9.84 Å². The number of amides is 1. The second kappa shape index (κ2) is 6.56. The summed E-state index contributed by atoms with van der Waals surface area (Å²) >= 11 is 0. The number of sulfone groups is 1. The molecule has 8 heteroatoms. The summed E-state index contributed by atoms with van der Waals surface area (Å²) in [7, 11) is -1.22. The Bertz CT molecular complexity index is 839. The number of aromatic nitrogens is 2. The van der Waals surface area contributed by atoms with E-state index in [1.54, 1.807) is 4.90 Å². The zero-order chi connectivity index (χ0) is 17.2. The highest BCUT2D eigenvalue weighted by atomic mass is 32.2. The highest BCUT2D eigenvalue weighted by Gasteiger charge is 2.29. The number of hydrogen-bond acceptors (Lipinski definition) is 6. The molecule has 2 heterocycles. The molecule has 0 saturated carbocycles. The molecule has 1 unspecified atom stereocenters. The van der Waals surface area contributed by atoms with E-state index in [0.717, 1.165) is 5.69 Å². The van der Waals surface area contributed by atoms with Crippen LogP contribution in [0.3, 0.4) is 0 Å². The van der Waals surface area contributed by atoms with E-state index in [9.17, 15) is 13.2 Å². The number of carbonyl (C=O) groups is 1. The van der Waals surface area contributed by atoms with Crippen molar-refractivity contribution in [3.8, 4) is 0 Å². The molecule has 1 aliphatic rings. The number of para-hydroxylation sites is 1. The summed E-state index contributed by atoms with van der Waals surface area (Å²) in [6.07, 6.45) is 1.96. The number of benzene rings is 1. The number of nitrogens with zero attached hydrogens (tertiary/aromatic N) is 3. The molecule has 1 aliphatic heterocycles. The summed E-state index contributed by atoms with van der Waals surface area (Å²) in [5, 5.41) is 2.73. The highest BCUT2D eigenvalue weighted by Crippen LogP contribution is 2.19. The predicted octanol–water partition coefficient (Wildman–Crippen LogP) is 1.16. The Morgan fingerprint density at radius 2 is 2.00 bits per heavy atom. The monoisotopic (exact) mass is 346 g/mol. The molecule has 0 bridgehead atoms. The fourth-order valence-electron chi connectivity index (χ4n) is 2.57. The Labute approximate surface area is 140 Å². The zero-order valence-electron chi connectivity index (χ0n) is 13.2. The molecule has 1 saturated heterocycles. The predicted molar refractivity (Wildman–Crippen MR) is 91.1 cm³/mol. The maximum Gasteiger partial charge on any atom is 0.270 e. The Kier molecular flexibility index (Phi) is 4.48. The number of nitrogens with one attached hydrogen (secondary N) is 1. The third-order valence-electron chi connectivity index (χ3n) is 3.89. The lowest BCUT2D eigenvalue weighted by atomic mass is 10.2. The van der Waals surface area contributed by atoms with Crippen molar-refractivity contribution in [2.45, 2.75) is 12.5 Å². The van der Waals surface area contributed by atoms with Gasteiger partial charge in [-0.1, -0.05) is 18.2 Å². The molecule has 1 fully saturated rings. The fraction of sp³-hybridized carbons (Fsp3) is 0.312. The third kappa shape index (κ3) is 3.70. The van der Waals surface area contributed by atoms with Crippen molar-refractivity contribution in [3.63, 3.8) is 0 Å². The van der Waals surface area contributed by atoms with Crippen molar-refractivity contribution >= 4 is 27.4 Å². The molecule has 3 rings (SSSR count). The van der Waals surface area contributed by atoms with Crippen LogP contribution in [-0.2, 0) is 9.84 Å². The van der Waals surface area contributed by atoms with E-state index in [0.29, 0.717) is 12.4 Å². The first-order chi connectivity index (χ1) is 11.4. The largest absolute Gasteiger partial charge is 0.347 e. The van der Waals surface area contributed by atoms with Crippen molar-refractivity contribution < 1.29 is 13.2 Å². The summed E-state index contributed by atoms with van der Waals surface area (Å²) in [5.41, 5.74) is 1.11. The molecule has 2 aromatic rings. The minimum Gasteiger partial charge on any atom is -0.347 e. The van der Waals surface area contributed by atoms with Crippen LogP contribution in [0.25, 0.3) is 0 Å². The minimum atomic E-state index is -3.04. The Balaban J connectivity index is 1.74. The number of carbonyl (C=O) groups excluding carboxylic acids is 1. The summed E-state index contributed by atoms with van der Waals surface area (Å²) in [4.78, 5) is 22.6. The van der Waals surface area contributed by atoms with Crippen LogP contribution in [0.4, 0.5) is 11.6 Å². The lowest BCUT2D eigenvalue weighted by molar-refractivity contribution is 0.0936. The van der Waals surface area contributed by atoms with E-state index in [1.165, 1.54) is 12.3 Å². The summed E-state index contributed by atoms with van der Waals surface area (Å²) < 4.78 is 23.0. The minimum absolute atomic E-state index is 0.0133. The Morgan fingerprint density at radius 3 is 2.67 bits per heavy atom. The van der Waals surface area contributed by atoms with Crippen molar-refractivity contribution in [3.05, 3.63) is 48.3 Å². The van der Waals surface area contributed by atoms with E-state index in [-0.39, 0.29) is 29.1 Å². The van der Waals surface area contributed by atoms with Crippen LogP contribution in [0.5, 0.6) is 0 Å². The average Bonchev–Trinajstić information content (AvgIpc) is 2.93. The van der Waals surface area contributed by atoms with E-state index >= 15 is 0 Å². The average molecular weight is 346 g/mol. The van der Waals surface area contributed by atoms with Crippen LogP contribution < -0.4 is 10.2 Å². The van der Waals surface area contributed by atoms with Crippen LogP contribution in [0.15, 0.2) is 42.6 Å². The second-order valence-corrected chi connectivity index (χ2v) is 7.94. The maximum atomic E-state index is 12.3. The first kappa shape index (κ1) is 16.4. The molecule has 0 aliphatic carbocycles. The number of anilines is 2. The molecule has 7 nitrogen and oxygen atoms in total. The van der Waals surface area contributed by atoms with Gasteiger partial charge in [0.25, 0.3) is 5.91 Å².